The molecule has 2 rings (SSSR count). The van der Waals surface area contributed by atoms with Crippen LogP contribution < -0.4 is 5.32 Å². The summed E-state index contributed by atoms with van der Waals surface area (Å²) >= 11 is 0. The van der Waals surface area contributed by atoms with Gasteiger partial charge in [-0.3, -0.25) is 0 Å². The third-order valence-electron chi connectivity index (χ3n) is 2.58. The zero-order valence-electron chi connectivity index (χ0n) is 7.68. The first-order valence-electron chi connectivity index (χ1n) is 4.55. The van der Waals surface area contributed by atoms with Crippen molar-refractivity contribution in [1.29, 1.82) is 0 Å². The SMILES string of the molecule is Cc1cc(C2CCNC2)c(C)o1. The van der Waals surface area contributed by atoms with Crippen molar-refractivity contribution in [2.24, 2.45) is 0 Å². The Labute approximate surface area is 73.0 Å². The highest BCUT2D eigenvalue weighted by Gasteiger charge is 2.20. The lowest BCUT2D eigenvalue weighted by atomic mass is 9.99. The van der Waals surface area contributed by atoms with E-state index < -0.39 is 0 Å². The number of hydrogen-bond acceptors (Lipinski definition) is 2. The molecule has 12 heavy (non-hydrogen) atoms. The van der Waals surface area contributed by atoms with Crippen molar-refractivity contribution < 1.29 is 4.42 Å². The van der Waals surface area contributed by atoms with Crippen LogP contribution in [0.15, 0.2) is 10.5 Å². The lowest BCUT2D eigenvalue weighted by Gasteiger charge is -2.04. The third kappa shape index (κ3) is 1.27. The summed E-state index contributed by atoms with van der Waals surface area (Å²) in [5.74, 6) is 2.82. The van der Waals surface area contributed by atoms with Crippen molar-refractivity contribution in [3.05, 3.63) is 23.2 Å². The van der Waals surface area contributed by atoms with Crippen molar-refractivity contribution in [1.82, 2.24) is 5.32 Å². The van der Waals surface area contributed by atoms with Crippen LogP contribution in [0.1, 0.15) is 29.4 Å². The molecule has 0 spiro atoms. The fourth-order valence-electron chi connectivity index (χ4n) is 1.98. The molecule has 0 aromatic carbocycles. The van der Waals surface area contributed by atoms with E-state index in [1.165, 1.54) is 12.0 Å². The quantitative estimate of drug-likeness (QED) is 0.688. The van der Waals surface area contributed by atoms with Crippen LogP contribution >= 0.6 is 0 Å². The molecule has 1 aliphatic heterocycles. The molecule has 66 valence electrons. The summed E-state index contributed by atoms with van der Waals surface area (Å²) in [6.07, 6.45) is 1.25. The topological polar surface area (TPSA) is 25.2 Å². The standard InChI is InChI=1S/C10H15NO/c1-7-5-10(8(2)12-7)9-3-4-11-6-9/h5,9,11H,3-4,6H2,1-2H3. The van der Waals surface area contributed by atoms with Crippen LogP contribution in [-0.4, -0.2) is 13.1 Å². The van der Waals surface area contributed by atoms with Crippen LogP contribution in [0.5, 0.6) is 0 Å². The lowest BCUT2D eigenvalue weighted by Crippen LogP contribution is -2.07. The van der Waals surface area contributed by atoms with E-state index in [-0.39, 0.29) is 0 Å². The number of rotatable bonds is 1. The van der Waals surface area contributed by atoms with Crippen molar-refractivity contribution in [2.75, 3.05) is 13.1 Å². The predicted molar refractivity (Wildman–Crippen MR) is 48.4 cm³/mol. The Morgan fingerprint density at radius 1 is 1.50 bits per heavy atom. The van der Waals surface area contributed by atoms with Crippen LogP contribution in [-0.2, 0) is 0 Å². The molecular weight excluding hydrogens is 150 g/mol. The van der Waals surface area contributed by atoms with Gasteiger partial charge in [-0.25, -0.2) is 0 Å². The maximum atomic E-state index is 5.50. The van der Waals surface area contributed by atoms with E-state index in [9.17, 15) is 0 Å². The number of nitrogens with one attached hydrogen (secondary N) is 1. The molecule has 1 aromatic heterocycles. The Hall–Kier alpha value is -0.760. The minimum Gasteiger partial charge on any atom is -0.466 e. The van der Waals surface area contributed by atoms with E-state index in [0.29, 0.717) is 5.92 Å². The van der Waals surface area contributed by atoms with Gasteiger partial charge in [0.05, 0.1) is 0 Å². The van der Waals surface area contributed by atoms with E-state index in [0.717, 1.165) is 24.6 Å². The summed E-state index contributed by atoms with van der Waals surface area (Å²) < 4.78 is 5.50. The zero-order valence-corrected chi connectivity index (χ0v) is 7.68. The smallest absolute Gasteiger partial charge is 0.104 e. The summed E-state index contributed by atoms with van der Waals surface area (Å²) in [4.78, 5) is 0. The van der Waals surface area contributed by atoms with Gasteiger partial charge in [0.2, 0.25) is 0 Å². The van der Waals surface area contributed by atoms with Gasteiger partial charge in [-0.05, 0) is 38.4 Å². The molecule has 1 atom stereocenters. The molecule has 2 nitrogen and oxygen atoms in total. The Morgan fingerprint density at radius 3 is 2.83 bits per heavy atom. The van der Waals surface area contributed by atoms with Crippen molar-refractivity contribution in [3.8, 4) is 0 Å². The molecule has 0 radical (unpaired) electrons. The first kappa shape index (κ1) is 7.87. The maximum absolute atomic E-state index is 5.50. The molecule has 1 fully saturated rings. The van der Waals surface area contributed by atoms with Crippen molar-refractivity contribution >= 4 is 0 Å². The first-order valence-corrected chi connectivity index (χ1v) is 4.55. The lowest BCUT2D eigenvalue weighted by molar-refractivity contribution is 0.498. The van der Waals surface area contributed by atoms with Gasteiger partial charge >= 0.3 is 0 Å². The molecule has 1 unspecified atom stereocenters. The van der Waals surface area contributed by atoms with Gasteiger partial charge in [0.1, 0.15) is 11.5 Å². The molecule has 1 aromatic rings. The molecular formula is C10H15NO. The average Bonchev–Trinajstić information content (AvgIpc) is 2.58. The van der Waals surface area contributed by atoms with Crippen molar-refractivity contribution in [2.45, 2.75) is 26.2 Å². The van der Waals surface area contributed by atoms with Crippen LogP contribution in [0.2, 0.25) is 0 Å². The molecule has 0 saturated carbocycles. The molecule has 0 bridgehead atoms. The fraction of sp³-hybridized carbons (Fsp3) is 0.600. The molecule has 0 amide bonds. The van der Waals surface area contributed by atoms with Gasteiger partial charge in [0.25, 0.3) is 0 Å². The molecule has 2 heterocycles. The van der Waals surface area contributed by atoms with E-state index in [1.54, 1.807) is 0 Å². The maximum Gasteiger partial charge on any atom is 0.104 e. The zero-order chi connectivity index (χ0) is 8.55. The Balaban J connectivity index is 2.25. The van der Waals surface area contributed by atoms with E-state index >= 15 is 0 Å². The highest BCUT2D eigenvalue weighted by Crippen LogP contribution is 2.27. The van der Waals surface area contributed by atoms with Gasteiger partial charge in [-0.2, -0.15) is 0 Å². The van der Waals surface area contributed by atoms with Gasteiger partial charge in [0, 0.05) is 12.5 Å². The molecule has 2 heteroatoms. The Kier molecular flexibility index (Phi) is 1.93. The normalized spacial score (nSPS) is 23.3. The summed E-state index contributed by atoms with van der Waals surface area (Å²) in [5.41, 5.74) is 1.40. The molecule has 1 aliphatic rings. The van der Waals surface area contributed by atoms with E-state index in [4.69, 9.17) is 4.42 Å². The minimum absolute atomic E-state index is 0.683. The predicted octanol–water partition coefficient (Wildman–Crippen LogP) is 1.97. The van der Waals surface area contributed by atoms with Gasteiger partial charge in [0.15, 0.2) is 0 Å². The summed E-state index contributed by atoms with van der Waals surface area (Å²) in [7, 11) is 0. The summed E-state index contributed by atoms with van der Waals surface area (Å²) in [5, 5.41) is 3.37. The second-order valence-corrected chi connectivity index (χ2v) is 3.56. The van der Waals surface area contributed by atoms with Crippen LogP contribution in [0, 0.1) is 13.8 Å². The fourth-order valence-corrected chi connectivity index (χ4v) is 1.98. The molecule has 1 N–H and O–H groups in total. The highest BCUT2D eigenvalue weighted by molar-refractivity contribution is 5.25. The first-order chi connectivity index (χ1) is 5.77. The van der Waals surface area contributed by atoms with Gasteiger partial charge in [-0.15, -0.1) is 0 Å². The molecule has 1 saturated heterocycles. The largest absolute Gasteiger partial charge is 0.466 e. The Bertz CT molecular complexity index is 271. The van der Waals surface area contributed by atoms with Gasteiger partial charge in [-0.1, -0.05) is 0 Å². The Morgan fingerprint density at radius 2 is 2.33 bits per heavy atom. The summed E-state index contributed by atoms with van der Waals surface area (Å²) in [6.45, 7) is 6.33. The second kappa shape index (κ2) is 2.94. The summed E-state index contributed by atoms with van der Waals surface area (Å²) in [6, 6.07) is 2.17. The molecule has 0 aliphatic carbocycles. The van der Waals surface area contributed by atoms with Crippen LogP contribution in [0.25, 0.3) is 0 Å². The average molecular weight is 165 g/mol. The van der Waals surface area contributed by atoms with Crippen LogP contribution in [0.4, 0.5) is 0 Å². The van der Waals surface area contributed by atoms with Crippen LogP contribution in [0.3, 0.4) is 0 Å². The van der Waals surface area contributed by atoms with E-state index in [2.05, 4.69) is 18.3 Å². The monoisotopic (exact) mass is 165 g/mol. The minimum atomic E-state index is 0.683. The highest BCUT2D eigenvalue weighted by atomic mass is 16.3. The number of furan rings is 1. The third-order valence-corrected chi connectivity index (χ3v) is 2.58. The van der Waals surface area contributed by atoms with Crippen molar-refractivity contribution in [3.63, 3.8) is 0 Å². The number of hydrogen-bond donors (Lipinski definition) is 1. The number of aryl methyl sites for hydroxylation is 2. The second-order valence-electron chi connectivity index (χ2n) is 3.56. The van der Waals surface area contributed by atoms with E-state index in [1.807, 2.05) is 6.92 Å². The van der Waals surface area contributed by atoms with Gasteiger partial charge < -0.3 is 9.73 Å².